The molecule has 13 heavy (non-hydrogen) atoms. The fraction of sp³-hybridized carbons (Fsp3) is 0.333. The fourth-order valence-corrected chi connectivity index (χ4v) is 1.77. The zero-order chi connectivity index (χ0) is 9.68. The molecule has 0 saturated carbocycles. The third kappa shape index (κ3) is 3.58. The standard InChI is InChI=1S/C9H14O3Si/c10-9-6-2-1-4-8(9)5-3-7-13(11)12/h1-2,4,6,10-13H,3,5,7H2. The van der Waals surface area contributed by atoms with Gasteiger partial charge < -0.3 is 14.7 Å². The minimum absolute atomic E-state index is 0.289. The highest BCUT2D eigenvalue weighted by atomic mass is 28.3. The number of aryl methyl sites for hydroxylation is 1. The van der Waals surface area contributed by atoms with Gasteiger partial charge in [-0.1, -0.05) is 18.2 Å². The minimum Gasteiger partial charge on any atom is -0.508 e. The summed E-state index contributed by atoms with van der Waals surface area (Å²) in [6.45, 7) is 0. The van der Waals surface area contributed by atoms with E-state index in [1.54, 1.807) is 12.1 Å². The van der Waals surface area contributed by atoms with Crippen molar-refractivity contribution in [3.05, 3.63) is 29.8 Å². The van der Waals surface area contributed by atoms with E-state index in [2.05, 4.69) is 0 Å². The van der Waals surface area contributed by atoms with Crippen molar-refractivity contribution < 1.29 is 14.7 Å². The van der Waals surface area contributed by atoms with Crippen LogP contribution in [-0.4, -0.2) is 24.0 Å². The SMILES string of the molecule is Oc1ccccc1CCC[SiH](O)O. The van der Waals surface area contributed by atoms with Gasteiger partial charge >= 0.3 is 9.28 Å². The first-order chi connectivity index (χ1) is 6.20. The molecule has 0 saturated heterocycles. The quantitative estimate of drug-likeness (QED) is 0.618. The summed E-state index contributed by atoms with van der Waals surface area (Å²) in [4.78, 5) is 17.5. The van der Waals surface area contributed by atoms with Gasteiger partial charge in [0, 0.05) is 0 Å². The van der Waals surface area contributed by atoms with Crippen LogP contribution in [0.3, 0.4) is 0 Å². The largest absolute Gasteiger partial charge is 0.508 e. The second-order valence-corrected chi connectivity index (χ2v) is 4.54. The van der Waals surface area contributed by atoms with Crippen LogP contribution in [0.5, 0.6) is 5.75 Å². The molecular formula is C9H14O3Si. The first-order valence-electron chi connectivity index (χ1n) is 4.33. The van der Waals surface area contributed by atoms with Crippen molar-refractivity contribution in [3.63, 3.8) is 0 Å². The molecule has 1 aromatic rings. The topological polar surface area (TPSA) is 60.7 Å². The summed E-state index contributed by atoms with van der Waals surface area (Å²) in [6.07, 6.45) is 1.43. The molecule has 4 heteroatoms. The maximum atomic E-state index is 9.36. The molecule has 0 heterocycles. The van der Waals surface area contributed by atoms with Gasteiger partial charge in [0.05, 0.1) is 0 Å². The number of rotatable bonds is 4. The predicted molar refractivity (Wildman–Crippen MR) is 52.8 cm³/mol. The van der Waals surface area contributed by atoms with Gasteiger partial charge in [-0.2, -0.15) is 0 Å². The number of para-hydroxylation sites is 1. The Kier molecular flexibility index (Phi) is 3.95. The Morgan fingerprint density at radius 2 is 1.85 bits per heavy atom. The van der Waals surface area contributed by atoms with E-state index in [0.717, 1.165) is 12.0 Å². The lowest BCUT2D eigenvalue weighted by molar-refractivity contribution is 0.402. The smallest absolute Gasteiger partial charge is 0.316 e. The monoisotopic (exact) mass is 198 g/mol. The maximum Gasteiger partial charge on any atom is 0.316 e. The van der Waals surface area contributed by atoms with E-state index < -0.39 is 9.28 Å². The van der Waals surface area contributed by atoms with Crippen LogP contribution in [0, 0.1) is 0 Å². The van der Waals surface area contributed by atoms with E-state index in [9.17, 15) is 5.11 Å². The number of phenolic OH excluding ortho intramolecular Hbond substituents is 1. The van der Waals surface area contributed by atoms with Gasteiger partial charge in [0.25, 0.3) is 0 Å². The second-order valence-electron chi connectivity index (χ2n) is 3.00. The number of hydrogen-bond acceptors (Lipinski definition) is 3. The third-order valence-electron chi connectivity index (χ3n) is 1.90. The molecule has 0 aliphatic rings. The predicted octanol–water partition coefficient (Wildman–Crippen LogP) is 0.530. The van der Waals surface area contributed by atoms with Gasteiger partial charge in [0.2, 0.25) is 0 Å². The van der Waals surface area contributed by atoms with E-state index in [-0.39, 0.29) is 5.75 Å². The van der Waals surface area contributed by atoms with Gasteiger partial charge in [-0.3, -0.25) is 0 Å². The van der Waals surface area contributed by atoms with Gasteiger partial charge in [-0.05, 0) is 30.5 Å². The van der Waals surface area contributed by atoms with Crippen LogP contribution in [-0.2, 0) is 6.42 Å². The number of phenols is 1. The van der Waals surface area contributed by atoms with Crippen LogP contribution in [0.2, 0.25) is 6.04 Å². The molecule has 3 N–H and O–H groups in total. The maximum absolute atomic E-state index is 9.36. The van der Waals surface area contributed by atoms with E-state index in [1.165, 1.54) is 0 Å². The molecule has 1 aromatic carbocycles. The van der Waals surface area contributed by atoms with E-state index in [4.69, 9.17) is 9.59 Å². The number of benzene rings is 1. The molecule has 0 unspecified atom stereocenters. The molecular weight excluding hydrogens is 184 g/mol. The summed E-state index contributed by atoms with van der Waals surface area (Å²) < 4.78 is 0. The first kappa shape index (κ1) is 10.2. The molecule has 0 aliphatic heterocycles. The van der Waals surface area contributed by atoms with Crippen molar-refractivity contribution >= 4 is 9.28 Å². The molecule has 0 radical (unpaired) electrons. The summed E-state index contributed by atoms with van der Waals surface area (Å²) in [5.41, 5.74) is 0.872. The molecule has 0 spiro atoms. The fourth-order valence-electron chi connectivity index (χ4n) is 1.20. The second kappa shape index (κ2) is 5.01. The molecule has 0 bridgehead atoms. The van der Waals surface area contributed by atoms with Crippen molar-refractivity contribution in [1.29, 1.82) is 0 Å². The lowest BCUT2D eigenvalue weighted by atomic mass is 10.1. The summed E-state index contributed by atoms with van der Waals surface area (Å²) >= 11 is 0. The Morgan fingerprint density at radius 1 is 1.15 bits per heavy atom. The molecule has 3 nitrogen and oxygen atoms in total. The summed E-state index contributed by atoms with van der Waals surface area (Å²) in [6, 6.07) is 7.60. The highest BCUT2D eigenvalue weighted by Crippen LogP contribution is 2.17. The normalized spacial score (nSPS) is 10.7. The van der Waals surface area contributed by atoms with Gasteiger partial charge in [-0.15, -0.1) is 0 Å². The van der Waals surface area contributed by atoms with Crippen molar-refractivity contribution in [1.82, 2.24) is 0 Å². The van der Waals surface area contributed by atoms with Gasteiger partial charge in [-0.25, -0.2) is 0 Å². The van der Waals surface area contributed by atoms with Gasteiger partial charge in [0.1, 0.15) is 5.75 Å². The Hall–Kier alpha value is -0.843. The summed E-state index contributed by atoms with van der Waals surface area (Å²) in [5, 5.41) is 9.36. The number of hydrogen-bond donors (Lipinski definition) is 3. The van der Waals surface area contributed by atoms with Crippen molar-refractivity contribution in [2.45, 2.75) is 18.9 Å². The Morgan fingerprint density at radius 3 is 2.46 bits per heavy atom. The van der Waals surface area contributed by atoms with E-state index >= 15 is 0 Å². The van der Waals surface area contributed by atoms with Crippen molar-refractivity contribution in [2.24, 2.45) is 0 Å². The Bertz CT molecular complexity index is 263. The summed E-state index contributed by atoms with van der Waals surface area (Å²) in [7, 11) is -2.41. The molecule has 0 fully saturated rings. The van der Waals surface area contributed by atoms with Crippen LogP contribution in [0.1, 0.15) is 12.0 Å². The highest BCUT2D eigenvalue weighted by Gasteiger charge is 2.03. The summed E-state index contributed by atoms with van der Waals surface area (Å²) in [5.74, 6) is 0.289. The van der Waals surface area contributed by atoms with Crippen molar-refractivity contribution in [2.75, 3.05) is 0 Å². The minimum atomic E-state index is -2.41. The lowest BCUT2D eigenvalue weighted by Gasteiger charge is -2.03. The molecule has 1 rings (SSSR count). The Labute approximate surface area is 79.1 Å². The lowest BCUT2D eigenvalue weighted by Crippen LogP contribution is -2.09. The van der Waals surface area contributed by atoms with Gasteiger partial charge in [0.15, 0.2) is 0 Å². The average molecular weight is 198 g/mol. The first-order valence-corrected chi connectivity index (χ1v) is 6.18. The molecule has 0 atom stereocenters. The molecule has 0 aromatic heterocycles. The van der Waals surface area contributed by atoms with Crippen LogP contribution >= 0.6 is 0 Å². The molecule has 72 valence electrons. The zero-order valence-corrected chi connectivity index (χ0v) is 8.50. The average Bonchev–Trinajstić information content (AvgIpc) is 2.08. The van der Waals surface area contributed by atoms with Crippen LogP contribution in [0.25, 0.3) is 0 Å². The van der Waals surface area contributed by atoms with E-state index in [1.807, 2.05) is 12.1 Å². The van der Waals surface area contributed by atoms with Crippen LogP contribution in [0.4, 0.5) is 0 Å². The van der Waals surface area contributed by atoms with Crippen LogP contribution < -0.4 is 0 Å². The zero-order valence-electron chi connectivity index (χ0n) is 7.35. The molecule has 0 amide bonds. The Balaban J connectivity index is 2.41. The highest BCUT2D eigenvalue weighted by molar-refractivity contribution is 6.40. The molecule has 0 aliphatic carbocycles. The number of aromatic hydroxyl groups is 1. The third-order valence-corrected chi connectivity index (χ3v) is 2.82. The van der Waals surface area contributed by atoms with Crippen LogP contribution in [0.15, 0.2) is 24.3 Å². The van der Waals surface area contributed by atoms with E-state index in [0.29, 0.717) is 12.5 Å². The van der Waals surface area contributed by atoms with Crippen molar-refractivity contribution in [3.8, 4) is 5.75 Å².